The van der Waals surface area contributed by atoms with Gasteiger partial charge >= 0.3 is 0 Å². The number of rotatable bonds is 6. The molecule has 6 nitrogen and oxygen atoms in total. The minimum absolute atomic E-state index is 0.0868. The first-order valence-corrected chi connectivity index (χ1v) is 8.55. The molecular formula is C12H21N3O3S. The third kappa shape index (κ3) is 4.28. The van der Waals surface area contributed by atoms with Crippen LogP contribution in [0.4, 0.5) is 0 Å². The molecule has 0 aromatic carbocycles. The summed E-state index contributed by atoms with van der Waals surface area (Å²) in [7, 11) is -2.90. The van der Waals surface area contributed by atoms with Crippen molar-refractivity contribution in [3.63, 3.8) is 0 Å². The second-order valence-electron chi connectivity index (χ2n) is 5.36. The van der Waals surface area contributed by atoms with Gasteiger partial charge in [-0.3, -0.25) is 0 Å². The third-order valence-electron chi connectivity index (χ3n) is 3.20. The van der Waals surface area contributed by atoms with Crippen molar-refractivity contribution in [1.82, 2.24) is 15.5 Å². The van der Waals surface area contributed by atoms with Crippen LogP contribution in [0.25, 0.3) is 0 Å². The Morgan fingerprint density at radius 3 is 2.89 bits per heavy atom. The average molecular weight is 287 g/mol. The molecule has 0 spiro atoms. The van der Waals surface area contributed by atoms with Gasteiger partial charge in [0.05, 0.1) is 11.5 Å². The van der Waals surface area contributed by atoms with E-state index in [0.717, 1.165) is 19.4 Å². The van der Waals surface area contributed by atoms with Gasteiger partial charge in [-0.25, -0.2) is 8.42 Å². The standard InChI is InChI=1S/C12H21N3O3S/c1-9(2)13-6-3-4-11-14-12(15-18-11)10-5-7-19(16,17)8-10/h9-10,13H,3-8H2,1-2H3. The predicted molar refractivity (Wildman–Crippen MR) is 71.8 cm³/mol. The Balaban J connectivity index is 1.82. The first-order chi connectivity index (χ1) is 8.96. The van der Waals surface area contributed by atoms with Crippen LogP contribution in [-0.2, 0) is 16.3 Å². The molecule has 1 aliphatic rings. The van der Waals surface area contributed by atoms with Crippen molar-refractivity contribution in [3.05, 3.63) is 11.7 Å². The topological polar surface area (TPSA) is 85.1 Å². The van der Waals surface area contributed by atoms with E-state index in [9.17, 15) is 8.42 Å². The van der Waals surface area contributed by atoms with Crippen LogP contribution in [-0.4, -0.2) is 42.7 Å². The van der Waals surface area contributed by atoms with Gasteiger partial charge in [0.25, 0.3) is 0 Å². The van der Waals surface area contributed by atoms with Gasteiger partial charge in [0.2, 0.25) is 5.89 Å². The maximum atomic E-state index is 11.4. The number of aryl methyl sites for hydroxylation is 1. The van der Waals surface area contributed by atoms with E-state index < -0.39 is 9.84 Å². The molecule has 108 valence electrons. The summed E-state index contributed by atoms with van der Waals surface area (Å²) >= 11 is 0. The lowest BCUT2D eigenvalue weighted by Crippen LogP contribution is -2.23. The van der Waals surface area contributed by atoms with Crippen LogP contribution in [0.3, 0.4) is 0 Å². The Bertz CT molecular complexity index is 510. The number of sulfone groups is 1. The van der Waals surface area contributed by atoms with Gasteiger partial charge in [-0.1, -0.05) is 19.0 Å². The lowest BCUT2D eigenvalue weighted by molar-refractivity contribution is 0.366. The quantitative estimate of drug-likeness (QED) is 0.783. The Kier molecular flexibility index (Phi) is 4.57. The van der Waals surface area contributed by atoms with E-state index in [0.29, 0.717) is 24.2 Å². The Labute approximate surface area is 113 Å². The van der Waals surface area contributed by atoms with Crippen molar-refractivity contribution in [3.8, 4) is 0 Å². The third-order valence-corrected chi connectivity index (χ3v) is 4.97. The Hall–Kier alpha value is -0.950. The van der Waals surface area contributed by atoms with E-state index in [4.69, 9.17) is 4.52 Å². The SMILES string of the molecule is CC(C)NCCCc1nc(C2CCS(=O)(=O)C2)no1. The van der Waals surface area contributed by atoms with E-state index in [1.807, 2.05) is 0 Å². The average Bonchev–Trinajstić information content (AvgIpc) is 2.90. The molecule has 19 heavy (non-hydrogen) atoms. The number of aromatic nitrogens is 2. The van der Waals surface area contributed by atoms with E-state index in [1.54, 1.807) is 0 Å². The van der Waals surface area contributed by atoms with Crippen LogP contribution in [0, 0.1) is 0 Å². The molecule has 1 aromatic rings. The molecule has 1 N–H and O–H groups in total. The largest absolute Gasteiger partial charge is 0.339 e. The van der Waals surface area contributed by atoms with Crippen molar-refractivity contribution in [2.24, 2.45) is 0 Å². The van der Waals surface area contributed by atoms with Crippen LogP contribution in [0.2, 0.25) is 0 Å². The Morgan fingerprint density at radius 2 is 2.26 bits per heavy atom. The van der Waals surface area contributed by atoms with E-state index in [1.165, 1.54) is 0 Å². The highest BCUT2D eigenvalue weighted by Crippen LogP contribution is 2.26. The molecule has 1 unspecified atom stereocenters. The monoisotopic (exact) mass is 287 g/mol. The zero-order valence-electron chi connectivity index (χ0n) is 11.4. The van der Waals surface area contributed by atoms with Crippen molar-refractivity contribution in [2.75, 3.05) is 18.1 Å². The van der Waals surface area contributed by atoms with Gasteiger partial charge in [0.15, 0.2) is 15.7 Å². The normalized spacial score (nSPS) is 22.2. The maximum absolute atomic E-state index is 11.4. The number of nitrogens with one attached hydrogen (secondary N) is 1. The summed E-state index contributed by atoms with van der Waals surface area (Å²) in [5.74, 6) is 1.45. The van der Waals surface area contributed by atoms with Gasteiger partial charge in [-0.15, -0.1) is 0 Å². The van der Waals surface area contributed by atoms with Crippen molar-refractivity contribution in [1.29, 1.82) is 0 Å². The van der Waals surface area contributed by atoms with E-state index in [2.05, 4.69) is 29.3 Å². The lowest BCUT2D eigenvalue weighted by atomic mass is 10.1. The van der Waals surface area contributed by atoms with Gasteiger partial charge in [0.1, 0.15) is 0 Å². The minimum Gasteiger partial charge on any atom is -0.339 e. The molecule has 1 saturated heterocycles. The molecule has 0 bridgehead atoms. The van der Waals surface area contributed by atoms with E-state index in [-0.39, 0.29) is 17.4 Å². The number of hydrogen-bond acceptors (Lipinski definition) is 6. The summed E-state index contributed by atoms with van der Waals surface area (Å²) in [6, 6.07) is 0.474. The van der Waals surface area contributed by atoms with Crippen LogP contribution in [0.5, 0.6) is 0 Å². The van der Waals surface area contributed by atoms with Crippen molar-refractivity contribution in [2.45, 2.75) is 45.1 Å². The number of hydrogen-bond donors (Lipinski definition) is 1. The molecule has 0 amide bonds. The summed E-state index contributed by atoms with van der Waals surface area (Å²) in [5.41, 5.74) is 0. The van der Waals surface area contributed by atoms with Crippen molar-refractivity contribution >= 4 is 9.84 Å². The Morgan fingerprint density at radius 1 is 1.47 bits per heavy atom. The molecule has 1 aliphatic heterocycles. The van der Waals surface area contributed by atoms with E-state index >= 15 is 0 Å². The van der Waals surface area contributed by atoms with Crippen LogP contribution in [0.1, 0.15) is 44.3 Å². The summed E-state index contributed by atoms with van der Waals surface area (Å²) < 4.78 is 28.0. The zero-order chi connectivity index (χ0) is 13.9. The van der Waals surface area contributed by atoms with Gasteiger partial charge in [0, 0.05) is 18.4 Å². The van der Waals surface area contributed by atoms with Gasteiger partial charge < -0.3 is 9.84 Å². The van der Waals surface area contributed by atoms with Crippen LogP contribution in [0.15, 0.2) is 4.52 Å². The highest BCUT2D eigenvalue weighted by atomic mass is 32.2. The number of nitrogens with zero attached hydrogens (tertiary/aromatic N) is 2. The summed E-state index contributed by atoms with van der Waals surface area (Å²) in [5, 5.41) is 7.23. The molecule has 0 aliphatic carbocycles. The molecule has 2 heterocycles. The summed E-state index contributed by atoms with van der Waals surface area (Å²) in [6.07, 6.45) is 2.27. The molecule has 1 atom stereocenters. The minimum atomic E-state index is -2.90. The fraction of sp³-hybridized carbons (Fsp3) is 0.833. The van der Waals surface area contributed by atoms with Gasteiger partial charge in [-0.05, 0) is 19.4 Å². The second-order valence-corrected chi connectivity index (χ2v) is 7.59. The highest BCUT2D eigenvalue weighted by molar-refractivity contribution is 7.91. The molecule has 1 fully saturated rings. The first kappa shape index (κ1) is 14.5. The molecule has 1 aromatic heterocycles. The fourth-order valence-electron chi connectivity index (χ4n) is 2.16. The van der Waals surface area contributed by atoms with Gasteiger partial charge in [-0.2, -0.15) is 4.98 Å². The highest BCUT2D eigenvalue weighted by Gasteiger charge is 2.32. The predicted octanol–water partition coefficient (Wildman–Crippen LogP) is 0.902. The molecule has 2 rings (SSSR count). The van der Waals surface area contributed by atoms with Crippen LogP contribution < -0.4 is 5.32 Å². The smallest absolute Gasteiger partial charge is 0.226 e. The molecular weight excluding hydrogens is 266 g/mol. The van der Waals surface area contributed by atoms with Crippen LogP contribution >= 0.6 is 0 Å². The molecule has 0 radical (unpaired) electrons. The molecule has 7 heteroatoms. The molecule has 0 saturated carbocycles. The summed E-state index contributed by atoms with van der Waals surface area (Å²) in [6.45, 7) is 5.11. The fourth-order valence-corrected chi connectivity index (χ4v) is 3.90. The first-order valence-electron chi connectivity index (χ1n) is 6.72. The zero-order valence-corrected chi connectivity index (χ0v) is 12.2. The van der Waals surface area contributed by atoms with Crippen molar-refractivity contribution < 1.29 is 12.9 Å². The second kappa shape index (κ2) is 6.00. The lowest BCUT2D eigenvalue weighted by Gasteiger charge is -2.05. The maximum Gasteiger partial charge on any atom is 0.226 e. The summed E-state index contributed by atoms with van der Waals surface area (Å²) in [4.78, 5) is 4.30.